The van der Waals surface area contributed by atoms with Crippen LogP contribution in [0.4, 0.5) is 10.1 Å². The van der Waals surface area contributed by atoms with Crippen molar-refractivity contribution in [3.63, 3.8) is 0 Å². The summed E-state index contributed by atoms with van der Waals surface area (Å²) in [4.78, 5) is 12.5. The second-order valence-electron chi connectivity index (χ2n) is 6.18. The average molecular weight is 389 g/mol. The topological polar surface area (TPSA) is 64.4 Å². The zero-order chi connectivity index (χ0) is 19.6. The lowest BCUT2D eigenvalue weighted by Crippen LogP contribution is -2.15. The van der Waals surface area contributed by atoms with E-state index in [1.54, 1.807) is 6.92 Å². The molecule has 0 radical (unpaired) electrons. The van der Waals surface area contributed by atoms with Gasteiger partial charge in [0.2, 0.25) is 0 Å². The Kier molecular flexibility index (Phi) is 5.46. The van der Waals surface area contributed by atoms with E-state index in [1.165, 1.54) is 23.8 Å². The van der Waals surface area contributed by atoms with E-state index in [1.807, 2.05) is 32.0 Å². The van der Waals surface area contributed by atoms with Gasteiger partial charge in [-0.2, -0.15) is 0 Å². The Hall–Kier alpha value is -2.86. The summed E-state index contributed by atoms with van der Waals surface area (Å²) in [5, 5.41) is 6.37. The molecule has 0 aliphatic rings. The molecule has 1 N–H and O–H groups in total. The molecule has 0 unspecified atom stereocenters. The minimum absolute atomic E-state index is 0.0811. The number of carbonyl (C=O) groups is 1. The van der Waals surface area contributed by atoms with Crippen molar-refractivity contribution in [2.75, 3.05) is 5.32 Å². The zero-order valence-corrected chi connectivity index (χ0v) is 15.9. The highest BCUT2D eigenvalue weighted by molar-refractivity contribution is 6.31. The van der Waals surface area contributed by atoms with Crippen molar-refractivity contribution < 1.29 is 18.4 Å². The summed E-state index contributed by atoms with van der Waals surface area (Å²) in [5.41, 5.74) is 3.28. The van der Waals surface area contributed by atoms with E-state index < -0.39 is 11.7 Å². The summed E-state index contributed by atoms with van der Waals surface area (Å²) < 4.78 is 24.2. The summed E-state index contributed by atoms with van der Waals surface area (Å²) in [6.45, 7) is 5.86. The minimum atomic E-state index is -0.561. The molecule has 5 nitrogen and oxygen atoms in total. The van der Waals surface area contributed by atoms with Crippen molar-refractivity contribution in [2.24, 2.45) is 0 Å². The van der Waals surface area contributed by atoms with E-state index in [4.69, 9.17) is 20.9 Å². The van der Waals surface area contributed by atoms with Gasteiger partial charge in [0.1, 0.15) is 23.9 Å². The standard InChI is InChI=1S/C20H18ClFN2O3/c1-11-4-6-15(8-12(11)2)26-10-16-13(3)27-24-19(16)20(25)23-14-5-7-18(22)17(21)9-14/h4-9H,10H2,1-3H3,(H,23,25). The van der Waals surface area contributed by atoms with E-state index >= 15 is 0 Å². The third-order valence-corrected chi connectivity index (χ3v) is 4.53. The number of benzene rings is 2. The molecule has 140 valence electrons. The molecular formula is C20H18ClFN2O3. The van der Waals surface area contributed by atoms with Gasteiger partial charge in [-0.05, 0) is 62.2 Å². The lowest BCUT2D eigenvalue weighted by molar-refractivity contribution is 0.101. The molecule has 7 heteroatoms. The van der Waals surface area contributed by atoms with E-state index in [2.05, 4.69) is 10.5 Å². The van der Waals surface area contributed by atoms with Gasteiger partial charge in [0, 0.05) is 5.69 Å². The van der Waals surface area contributed by atoms with E-state index in [9.17, 15) is 9.18 Å². The van der Waals surface area contributed by atoms with E-state index in [0.717, 1.165) is 5.56 Å². The quantitative estimate of drug-likeness (QED) is 0.650. The second kappa shape index (κ2) is 7.80. The molecule has 1 aromatic heterocycles. The number of hydrogen-bond donors (Lipinski definition) is 1. The summed E-state index contributed by atoms with van der Waals surface area (Å²) >= 11 is 5.74. The number of anilines is 1. The highest BCUT2D eigenvalue weighted by atomic mass is 35.5. The molecule has 3 aromatic rings. The van der Waals surface area contributed by atoms with Crippen molar-refractivity contribution in [3.05, 3.63) is 75.4 Å². The SMILES string of the molecule is Cc1ccc(OCc2c(C(=O)Nc3ccc(F)c(Cl)c3)noc2C)cc1C. The predicted molar refractivity (Wildman–Crippen MR) is 101 cm³/mol. The maximum absolute atomic E-state index is 13.3. The van der Waals surface area contributed by atoms with Crippen LogP contribution in [0.1, 0.15) is 32.9 Å². The van der Waals surface area contributed by atoms with Gasteiger partial charge in [-0.25, -0.2) is 4.39 Å². The minimum Gasteiger partial charge on any atom is -0.489 e. The molecule has 0 bridgehead atoms. The molecule has 0 saturated carbocycles. The van der Waals surface area contributed by atoms with Gasteiger partial charge in [-0.15, -0.1) is 0 Å². The Labute approximate surface area is 161 Å². The average Bonchev–Trinajstić information content (AvgIpc) is 3.00. The third kappa shape index (κ3) is 4.28. The predicted octanol–water partition coefficient (Wildman–Crippen LogP) is 5.22. The lowest BCUT2D eigenvalue weighted by atomic mass is 10.1. The molecule has 0 aliphatic heterocycles. The molecule has 1 amide bonds. The molecule has 0 saturated heterocycles. The Bertz CT molecular complexity index is 1000. The number of nitrogens with one attached hydrogen (secondary N) is 1. The highest BCUT2D eigenvalue weighted by Crippen LogP contribution is 2.23. The first kappa shape index (κ1) is 18.9. The first-order valence-corrected chi connectivity index (χ1v) is 8.64. The van der Waals surface area contributed by atoms with Gasteiger partial charge < -0.3 is 14.6 Å². The van der Waals surface area contributed by atoms with Crippen LogP contribution in [0.3, 0.4) is 0 Å². The fourth-order valence-corrected chi connectivity index (χ4v) is 2.64. The van der Waals surface area contributed by atoms with Crippen molar-refractivity contribution in [2.45, 2.75) is 27.4 Å². The molecule has 0 fully saturated rings. The number of rotatable bonds is 5. The van der Waals surface area contributed by atoms with Crippen molar-refractivity contribution in [1.82, 2.24) is 5.16 Å². The Morgan fingerprint density at radius 2 is 1.96 bits per heavy atom. The maximum atomic E-state index is 13.3. The van der Waals surface area contributed by atoms with Gasteiger partial charge in [-0.3, -0.25) is 4.79 Å². The molecule has 27 heavy (non-hydrogen) atoms. The molecule has 2 aromatic carbocycles. The van der Waals surface area contributed by atoms with Gasteiger partial charge in [0.05, 0.1) is 10.6 Å². The highest BCUT2D eigenvalue weighted by Gasteiger charge is 2.21. The summed E-state index contributed by atoms with van der Waals surface area (Å²) in [7, 11) is 0. The Morgan fingerprint density at radius 1 is 1.19 bits per heavy atom. The summed E-state index contributed by atoms with van der Waals surface area (Å²) in [6, 6.07) is 9.68. The first-order valence-electron chi connectivity index (χ1n) is 8.26. The van der Waals surface area contributed by atoms with Gasteiger partial charge in [0.15, 0.2) is 5.69 Å². The molecule has 0 aliphatic carbocycles. The molecule has 0 atom stereocenters. The zero-order valence-electron chi connectivity index (χ0n) is 15.1. The van der Waals surface area contributed by atoms with Crippen LogP contribution in [-0.2, 0) is 6.61 Å². The number of amides is 1. The monoisotopic (exact) mass is 388 g/mol. The number of carbonyl (C=O) groups excluding carboxylic acids is 1. The number of aryl methyl sites for hydroxylation is 3. The molecule has 1 heterocycles. The molecule has 0 spiro atoms. The third-order valence-electron chi connectivity index (χ3n) is 4.24. The first-order chi connectivity index (χ1) is 12.8. The summed E-state index contributed by atoms with van der Waals surface area (Å²) in [6.07, 6.45) is 0. The molecular weight excluding hydrogens is 371 g/mol. The van der Waals surface area contributed by atoms with Crippen molar-refractivity contribution in [3.8, 4) is 5.75 Å². The van der Waals surface area contributed by atoms with Gasteiger partial charge in [0.25, 0.3) is 5.91 Å². The number of ether oxygens (including phenoxy) is 1. The fourth-order valence-electron chi connectivity index (χ4n) is 2.46. The van der Waals surface area contributed by atoms with Crippen molar-refractivity contribution in [1.29, 1.82) is 0 Å². The van der Waals surface area contributed by atoms with E-state index in [-0.39, 0.29) is 17.3 Å². The summed E-state index contributed by atoms with van der Waals surface area (Å²) in [5.74, 6) is 0.124. The van der Waals surface area contributed by atoms with E-state index in [0.29, 0.717) is 22.8 Å². The van der Waals surface area contributed by atoms with Crippen LogP contribution in [0.2, 0.25) is 5.02 Å². The smallest absolute Gasteiger partial charge is 0.278 e. The van der Waals surface area contributed by atoms with Crippen LogP contribution in [0, 0.1) is 26.6 Å². The number of halogens is 2. The normalized spacial score (nSPS) is 10.7. The van der Waals surface area contributed by atoms with Crippen molar-refractivity contribution >= 4 is 23.2 Å². The lowest BCUT2D eigenvalue weighted by Gasteiger charge is -2.09. The fraction of sp³-hybridized carbons (Fsp3) is 0.200. The van der Waals surface area contributed by atoms with Crippen LogP contribution in [0.5, 0.6) is 5.75 Å². The Morgan fingerprint density at radius 3 is 2.67 bits per heavy atom. The van der Waals surface area contributed by atoms with Gasteiger partial charge in [-0.1, -0.05) is 22.8 Å². The largest absolute Gasteiger partial charge is 0.489 e. The van der Waals surface area contributed by atoms with Crippen LogP contribution < -0.4 is 10.1 Å². The van der Waals surface area contributed by atoms with Crippen LogP contribution in [-0.4, -0.2) is 11.1 Å². The van der Waals surface area contributed by atoms with Gasteiger partial charge >= 0.3 is 0 Å². The van der Waals surface area contributed by atoms with Crippen LogP contribution >= 0.6 is 11.6 Å². The number of nitrogens with zero attached hydrogens (tertiary/aromatic N) is 1. The van der Waals surface area contributed by atoms with Crippen LogP contribution in [0.15, 0.2) is 40.9 Å². The number of hydrogen-bond acceptors (Lipinski definition) is 4. The van der Waals surface area contributed by atoms with Crippen LogP contribution in [0.25, 0.3) is 0 Å². The Balaban J connectivity index is 1.75. The maximum Gasteiger partial charge on any atom is 0.278 e. The number of aromatic nitrogens is 1. The molecule has 3 rings (SSSR count). The second-order valence-corrected chi connectivity index (χ2v) is 6.59.